The number of ether oxygens (including phenoxy) is 10. The molecule has 24 heteroatoms. The van der Waals surface area contributed by atoms with Crippen LogP contribution in [0.3, 0.4) is 0 Å². The molecular formula is C30H50O24. The number of carboxylic acid groups (broad SMARTS) is 1. The third-order valence-electron chi connectivity index (χ3n) is 10.1. The van der Waals surface area contributed by atoms with Gasteiger partial charge in [-0.05, 0) is 13.8 Å². The first-order valence-electron chi connectivity index (χ1n) is 17.1. The van der Waals surface area contributed by atoms with Gasteiger partial charge in [-0.15, -0.1) is 0 Å². The van der Waals surface area contributed by atoms with Gasteiger partial charge in [0.1, 0.15) is 97.7 Å². The molecular weight excluding hydrogens is 744 g/mol. The van der Waals surface area contributed by atoms with Crippen LogP contribution in [0.2, 0.25) is 0 Å². The molecule has 5 aliphatic rings. The van der Waals surface area contributed by atoms with Crippen LogP contribution in [0.1, 0.15) is 13.8 Å². The van der Waals surface area contributed by atoms with Crippen molar-refractivity contribution in [2.75, 3.05) is 20.3 Å². The zero-order valence-corrected chi connectivity index (χ0v) is 29.1. The smallest absolute Gasteiger partial charge is 0.335 e. The first-order chi connectivity index (χ1) is 25.4. The van der Waals surface area contributed by atoms with Gasteiger partial charge in [0, 0.05) is 7.11 Å². The van der Waals surface area contributed by atoms with Crippen molar-refractivity contribution in [3.05, 3.63) is 0 Å². The van der Waals surface area contributed by atoms with E-state index in [1.165, 1.54) is 21.0 Å². The Bertz CT molecular complexity index is 1220. The summed E-state index contributed by atoms with van der Waals surface area (Å²) in [7, 11) is 1.22. The summed E-state index contributed by atoms with van der Waals surface area (Å²) in [6.07, 6.45) is -41.1. The molecule has 0 aliphatic carbocycles. The minimum Gasteiger partial charge on any atom is -0.479 e. The van der Waals surface area contributed by atoms with Gasteiger partial charge in [0.2, 0.25) is 0 Å². The topological polar surface area (TPSA) is 372 Å². The van der Waals surface area contributed by atoms with Gasteiger partial charge >= 0.3 is 5.97 Å². The van der Waals surface area contributed by atoms with Crippen LogP contribution >= 0.6 is 0 Å². The van der Waals surface area contributed by atoms with E-state index < -0.39 is 167 Å². The fraction of sp³-hybridized carbons (Fsp3) is 0.967. The predicted molar refractivity (Wildman–Crippen MR) is 163 cm³/mol. The highest BCUT2D eigenvalue weighted by Gasteiger charge is 2.56. The van der Waals surface area contributed by atoms with E-state index in [4.69, 9.17) is 47.4 Å². The molecule has 5 rings (SSSR count). The van der Waals surface area contributed by atoms with Crippen molar-refractivity contribution in [3.63, 3.8) is 0 Å². The molecule has 5 aliphatic heterocycles. The van der Waals surface area contributed by atoms with E-state index in [2.05, 4.69) is 0 Å². The highest BCUT2D eigenvalue weighted by atomic mass is 16.8. The van der Waals surface area contributed by atoms with Gasteiger partial charge in [-0.1, -0.05) is 0 Å². The second-order valence-electron chi connectivity index (χ2n) is 13.7. The normalized spacial score (nSPS) is 53.2. The van der Waals surface area contributed by atoms with Gasteiger partial charge < -0.3 is 114 Å². The van der Waals surface area contributed by atoms with Crippen molar-refractivity contribution in [1.82, 2.24) is 0 Å². The predicted octanol–water partition coefficient (Wildman–Crippen LogP) is -8.48. The van der Waals surface area contributed by atoms with Gasteiger partial charge in [-0.2, -0.15) is 0 Å². The van der Waals surface area contributed by atoms with E-state index in [1.54, 1.807) is 0 Å². The van der Waals surface area contributed by atoms with Crippen molar-refractivity contribution in [1.29, 1.82) is 0 Å². The standard InChI is InChI=1S/C30H50O24/c1-6-10(32)13(35)17(39)28(47-6)51-20-8(4-31)49-26(44)22(19(20)41)53-29-18(40)15(37)21(24(54-29)25(42)43)52-27-16(38)12(34)9(5-46-27)50-30-23(45-3)14(36)11(33)7(2)48-30/h6-24,26-41,44H,4-5H2,1-3H3,(H,42,43)/t6-,7-,8+,9+,10-,11+,12-,13+,14+,15+,16+,17+,18+,19-,20+,21-,22-,23-,24-,26-,27-,28+,29-,30-/m0/s1. The lowest BCUT2D eigenvalue weighted by atomic mass is 9.96. The number of rotatable bonds is 11. The molecule has 54 heavy (non-hydrogen) atoms. The molecule has 0 spiro atoms. The number of aliphatic hydroxyl groups is 12. The molecule has 0 aromatic heterocycles. The van der Waals surface area contributed by atoms with Crippen LogP contribution in [-0.2, 0) is 52.2 Å². The number of hydrogen-bond acceptors (Lipinski definition) is 23. The van der Waals surface area contributed by atoms with E-state index in [-0.39, 0.29) is 0 Å². The summed E-state index contributed by atoms with van der Waals surface area (Å²) >= 11 is 0. The second kappa shape index (κ2) is 18.0. The Balaban J connectivity index is 1.23. The minimum atomic E-state index is -2.20. The Kier molecular flexibility index (Phi) is 14.6. The van der Waals surface area contributed by atoms with Crippen LogP contribution < -0.4 is 0 Å². The molecule has 314 valence electrons. The van der Waals surface area contributed by atoms with Crippen LogP contribution in [0.25, 0.3) is 0 Å². The summed E-state index contributed by atoms with van der Waals surface area (Å²) in [4.78, 5) is 12.3. The van der Waals surface area contributed by atoms with E-state index in [0.29, 0.717) is 0 Å². The fourth-order valence-electron chi connectivity index (χ4n) is 6.80. The molecule has 0 saturated carbocycles. The molecule has 0 amide bonds. The Morgan fingerprint density at radius 2 is 1.07 bits per heavy atom. The molecule has 0 bridgehead atoms. The summed E-state index contributed by atoms with van der Waals surface area (Å²) in [5.41, 5.74) is 0. The molecule has 24 nitrogen and oxygen atoms in total. The maximum atomic E-state index is 12.3. The molecule has 24 atom stereocenters. The number of carbonyl (C=O) groups is 1. The number of aliphatic hydroxyl groups excluding tert-OH is 12. The van der Waals surface area contributed by atoms with Gasteiger partial charge in [-0.3, -0.25) is 0 Å². The summed E-state index contributed by atoms with van der Waals surface area (Å²) in [6, 6.07) is 0. The Morgan fingerprint density at radius 1 is 0.556 bits per heavy atom. The van der Waals surface area contributed by atoms with Gasteiger partial charge in [-0.25, -0.2) is 4.79 Å². The lowest BCUT2D eigenvalue weighted by molar-refractivity contribution is -0.388. The van der Waals surface area contributed by atoms with Crippen LogP contribution in [-0.4, -0.2) is 240 Å². The summed E-state index contributed by atoms with van der Waals surface area (Å²) in [5, 5.41) is 136. The molecule has 5 heterocycles. The van der Waals surface area contributed by atoms with Crippen LogP contribution in [0.4, 0.5) is 0 Å². The maximum Gasteiger partial charge on any atom is 0.335 e. The summed E-state index contributed by atoms with van der Waals surface area (Å²) in [6.45, 7) is 1.40. The van der Waals surface area contributed by atoms with E-state index >= 15 is 0 Å². The molecule has 0 unspecified atom stereocenters. The third-order valence-corrected chi connectivity index (χ3v) is 10.1. The molecule has 5 saturated heterocycles. The average Bonchev–Trinajstić information content (AvgIpc) is 3.13. The Morgan fingerprint density at radius 3 is 1.69 bits per heavy atom. The number of methoxy groups -OCH3 is 1. The van der Waals surface area contributed by atoms with Gasteiger partial charge in [0.05, 0.1) is 25.4 Å². The highest BCUT2D eigenvalue weighted by Crippen LogP contribution is 2.34. The van der Waals surface area contributed by atoms with Gasteiger partial charge in [0.25, 0.3) is 0 Å². The number of aliphatic carboxylic acids is 1. The monoisotopic (exact) mass is 794 g/mol. The van der Waals surface area contributed by atoms with Crippen molar-refractivity contribution in [3.8, 4) is 0 Å². The number of hydrogen-bond donors (Lipinski definition) is 13. The first kappa shape index (κ1) is 43.7. The highest BCUT2D eigenvalue weighted by molar-refractivity contribution is 5.73. The molecule has 0 aromatic carbocycles. The summed E-state index contributed by atoms with van der Waals surface area (Å²) < 4.78 is 54.4. The largest absolute Gasteiger partial charge is 0.479 e. The van der Waals surface area contributed by atoms with Crippen LogP contribution in [0.5, 0.6) is 0 Å². The molecule has 13 N–H and O–H groups in total. The van der Waals surface area contributed by atoms with Gasteiger partial charge in [0.15, 0.2) is 37.6 Å². The van der Waals surface area contributed by atoms with Crippen molar-refractivity contribution in [2.45, 2.75) is 161 Å². The quantitative estimate of drug-likeness (QED) is 0.0923. The third kappa shape index (κ3) is 8.70. The van der Waals surface area contributed by atoms with Crippen molar-refractivity contribution < 1.29 is 119 Å². The average molecular weight is 795 g/mol. The second-order valence-corrected chi connectivity index (χ2v) is 13.7. The zero-order valence-electron chi connectivity index (χ0n) is 29.1. The summed E-state index contributed by atoms with van der Waals surface area (Å²) in [5.74, 6) is -1.79. The molecule has 0 aromatic rings. The van der Waals surface area contributed by atoms with Crippen molar-refractivity contribution in [2.24, 2.45) is 0 Å². The zero-order chi connectivity index (χ0) is 39.9. The lowest BCUT2D eigenvalue weighted by Gasteiger charge is -2.48. The number of carboxylic acids is 1. The minimum absolute atomic E-state index is 0.529. The first-order valence-corrected chi connectivity index (χ1v) is 17.1. The molecule has 0 radical (unpaired) electrons. The Labute approximate surface area is 306 Å². The van der Waals surface area contributed by atoms with Crippen LogP contribution in [0, 0.1) is 0 Å². The van der Waals surface area contributed by atoms with Crippen LogP contribution in [0.15, 0.2) is 0 Å². The lowest BCUT2D eigenvalue weighted by Crippen LogP contribution is -2.67. The fourth-order valence-corrected chi connectivity index (χ4v) is 6.80. The SMILES string of the molecule is CO[C@@H]1[C@H](O[C@@H]2CO[C@@H](O[C@H]3[C@H](O)[C@@H](O)[C@@H](O[C@H]4[C@@H](O)[C@H](O[C@H]5O[C@@H](C)[C@H](O)[C@@H](O)[C@H]5O)[C@@H](CO)O[C@@H]4O)O[C@@H]3C(=O)O)[C@H](O)[C@H]2O)O[C@@H](C)[C@@H](O)[C@H]1O. The van der Waals surface area contributed by atoms with E-state index in [1.807, 2.05) is 0 Å². The molecule has 5 fully saturated rings. The van der Waals surface area contributed by atoms with Crippen molar-refractivity contribution >= 4 is 5.97 Å². The van der Waals surface area contributed by atoms with E-state index in [0.717, 1.165) is 0 Å². The Hall–Kier alpha value is -1.41. The maximum absolute atomic E-state index is 12.3. The van der Waals surface area contributed by atoms with E-state index in [9.17, 15) is 71.2 Å².